The molecule has 0 atom stereocenters. The number of hydrogen-bond donors (Lipinski definition) is 2. The molecule has 0 bridgehead atoms. The van der Waals surface area contributed by atoms with E-state index in [0.29, 0.717) is 5.69 Å². The molecule has 1 heterocycles. The van der Waals surface area contributed by atoms with Crippen LogP contribution in [0.5, 0.6) is 0 Å². The van der Waals surface area contributed by atoms with Crippen molar-refractivity contribution >= 4 is 49.5 Å². The van der Waals surface area contributed by atoms with E-state index in [1.807, 2.05) is 0 Å². The van der Waals surface area contributed by atoms with Crippen molar-refractivity contribution < 1.29 is 13.2 Å². The van der Waals surface area contributed by atoms with Crippen molar-refractivity contribution in [2.45, 2.75) is 11.8 Å². The monoisotopic (exact) mass is 345 g/mol. The van der Waals surface area contributed by atoms with Crippen LogP contribution in [0.15, 0.2) is 28.1 Å². The molecule has 9 heteroatoms. The second kappa shape index (κ2) is 6.82. The summed E-state index contributed by atoms with van der Waals surface area (Å²) in [4.78, 5) is 16.1. The van der Waals surface area contributed by atoms with Gasteiger partial charge in [0.05, 0.1) is 17.2 Å². The number of carbonyl (C=O) groups is 1. The third-order valence-electron chi connectivity index (χ3n) is 2.70. The lowest BCUT2D eigenvalue weighted by atomic mass is 10.2. The molecule has 1 aliphatic heterocycles. The van der Waals surface area contributed by atoms with E-state index in [4.69, 9.17) is 5.14 Å². The molecule has 21 heavy (non-hydrogen) atoms. The number of amides is 1. The van der Waals surface area contributed by atoms with Gasteiger partial charge in [0, 0.05) is 11.4 Å². The van der Waals surface area contributed by atoms with Crippen LogP contribution < -0.4 is 10.5 Å². The lowest BCUT2D eigenvalue weighted by Gasteiger charge is -2.09. The van der Waals surface area contributed by atoms with Crippen molar-refractivity contribution in [2.75, 3.05) is 23.4 Å². The number of anilines is 1. The second-order valence-electron chi connectivity index (χ2n) is 4.35. The fourth-order valence-corrected chi connectivity index (χ4v) is 3.98. The third-order valence-corrected chi connectivity index (χ3v) is 5.86. The third kappa shape index (κ3) is 4.73. The molecule has 0 radical (unpaired) electrons. The Bertz CT molecular complexity index is 686. The smallest absolute Gasteiger partial charge is 0.238 e. The predicted octanol–water partition coefficient (Wildman–Crippen LogP) is 1.42. The molecular weight excluding hydrogens is 330 g/mol. The summed E-state index contributed by atoms with van der Waals surface area (Å²) in [6.07, 6.45) is 0. The van der Waals surface area contributed by atoms with Gasteiger partial charge in [-0.15, -0.1) is 0 Å². The molecule has 114 valence electrons. The maximum Gasteiger partial charge on any atom is 0.238 e. The van der Waals surface area contributed by atoms with Crippen molar-refractivity contribution in [1.82, 2.24) is 0 Å². The molecule has 1 aromatic rings. The molecular formula is C12H15N3O3S3. The van der Waals surface area contributed by atoms with Gasteiger partial charge in [0.2, 0.25) is 15.9 Å². The minimum atomic E-state index is -3.78. The van der Waals surface area contributed by atoms with Gasteiger partial charge in [-0.1, -0.05) is 29.6 Å². The Kier molecular flexibility index (Phi) is 5.31. The Hall–Kier alpha value is -1.03. The van der Waals surface area contributed by atoms with Crippen LogP contribution in [0.1, 0.15) is 5.56 Å². The normalized spacial score (nSPS) is 14.9. The van der Waals surface area contributed by atoms with E-state index < -0.39 is 10.0 Å². The van der Waals surface area contributed by atoms with Gasteiger partial charge < -0.3 is 5.32 Å². The molecule has 1 aromatic carbocycles. The first kappa shape index (κ1) is 16.3. The standard InChI is InChI=1S/C12H15N3O3S3/c1-8-2-3-9(21(13,17)18)6-10(8)15-11(16)7-20-12-14-4-5-19-12/h2-3,6H,4-5,7H2,1H3,(H,15,16)(H2,13,17,18). The van der Waals surface area contributed by atoms with Gasteiger partial charge in [0.15, 0.2) is 0 Å². The number of aryl methyl sites for hydroxylation is 1. The van der Waals surface area contributed by atoms with Crippen LogP contribution in [0, 0.1) is 6.92 Å². The van der Waals surface area contributed by atoms with E-state index in [-0.39, 0.29) is 16.6 Å². The zero-order chi connectivity index (χ0) is 15.5. The molecule has 0 saturated carbocycles. The van der Waals surface area contributed by atoms with Crippen molar-refractivity contribution in [3.05, 3.63) is 23.8 Å². The number of primary sulfonamides is 1. The van der Waals surface area contributed by atoms with Gasteiger partial charge in [0.25, 0.3) is 0 Å². The summed E-state index contributed by atoms with van der Waals surface area (Å²) in [5.74, 6) is 0.995. The molecule has 1 aliphatic rings. The summed E-state index contributed by atoms with van der Waals surface area (Å²) >= 11 is 3.02. The first-order chi connectivity index (χ1) is 9.86. The predicted molar refractivity (Wildman–Crippen MR) is 88.4 cm³/mol. The van der Waals surface area contributed by atoms with E-state index in [1.165, 1.54) is 23.9 Å². The Morgan fingerprint density at radius 3 is 2.90 bits per heavy atom. The maximum absolute atomic E-state index is 11.9. The van der Waals surface area contributed by atoms with Gasteiger partial charge >= 0.3 is 0 Å². The highest BCUT2D eigenvalue weighted by Gasteiger charge is 2.13. The average molecular weight is 345 g/mol. The largest absolute Gasteiger partial charge is 0.325 e. The minimum Gasteiger partial charge on any atom is -0.325 e. The van der Waals surface area contributed by atoms with Gasteiger partial charge in [0.1, 0.15) is 4.38 Å². The van der Waals surface area contributed by atoms with Crippen LogP contribution in [0.25, 0.3) is 0 Å². The highest BCUT2D eigenvalue weighted by atomic mass is 32.2. The highest BCUT2D eigenvalue weighted by Crippen LogP contribution is 2.23. The number of aliphatic imine (C=N–C) groups is 1. The molecule has 0 saturated heterocycles. The van der Waals surface area contributed by atoms with Crippen LogP contribution in [-0.2, 0) is 14.8 Å². The fraction of sp³-hybridized carbons (Fsp3) is 0.333. The van der Waals surface area contributed by atoms with Crippen LogP contribution in [-0.4, -0.2) is 36.8 Å². The van der Waals surface area contributed by atoms with E-state index in [2.05, 4.69) is 10.3 Å². The Balaban J connectivity index is 2.02. The van der Waals surface area contributed by atoms with Gasteiger partial charge in [-0.3, -0.25) is 9.79 Å². The van der Waals surface area contributed by atoms with E-state index in [1.54, 1.807) is 24.8 Å². The lowest BCUT2D eigenvalue weighted by molar-refractivity contribution is -0.113. The number of nitrogens with zero attached hydrogens (tertiary/aromatic N) is 1. The number of thioether (sulfide) groups is 2. The number of sulfonamides is 1. The molecule has 1 amide bonds. The molecule has 0 unspecified atom stereocenters. The topological polar surface area (TPSA) is 102 Å². The van der Waals surface area contributed by atoms with Gasteiger partial charge in [-0.25, -0.2) is 13.6 Å². The average Bonchev–Trinajstić information content (AvgIpc) is 2.91. The zero-order valence-corrected chi connectivity index (χ0v) is 13.8. The van der Waals surface area contributed by atoms with Crippen molar-refractivity contribution in [2.24, 2.45) is 10.1 Å². The fourth-order valence-electron chi connectivity index (χ4n) is 1.63. The van der Waals surface area contributed by atoms with E-state index in [9.17, 15) is 13.2 Å². The van der Waals surface area contributed by atoms with Crippen molar-refractivity contribution in [1.29, 1.82) is 0 Å². The first-order valence-electron chi connectivity index (χ1n) is 6.09. The first-order valence-corrected chi connectivity index (χ1v) is 9.61. The lowest BCUT2D eigenvalue weighted by Crippen LogP contribution is -2.17. The van der Waals surface area contributed by atoms with Crippen LogP contribution in [0.2, 0.25) is 0 Å². The van der Waals surface area contributed by atoms with Crippen molar-refractivity contribution in [3.63, 3.8) is 0 Å². The molecule has 0 aromatic heterocycles. The summed E-state index contributed by atoms with van der Waals surface area (Å²) < 4.78 is 23.6. The number of hydrogen-bond acceptors (Lipinski definition) is 6. The van der Waals surface area contributed by atoms with Crippen molar-refractivity contribution in [3.8, 4) is 0 Å². The van der Waals surface area contributed by atoms with Gasteiger partial charge in [-0.2, -0.15) is 0 Å². The quantitative estimate of drug-likeness (QED) is 0.859. The number of nitrogens with two attached hydrogens (primary N) is 1. The molecule has 0 fully saturated rings. The molecule has 0 spiro atoms. The highest BCUT2D eigenvalue weighted by molar-refractivity contribution is 8.39. The Morgan fingerprint density at radius 2 is 2.29 bits per heavy atom. The molecule has 0 aliphatic carbocycles. The summed E-state index contributed by atoms with van der Waals surface area (Å²) in [5.41, 5.74) is 1.22. The van der Waals surface area contributed by atoms with Crippen LogP contribution in [0.3, 0.4) is 0 Å². The van der Waals surface area contributed by atoms with Crippen LogP contribution >= 0.6 is 23.5 Å². The Labute approximate surface area is 132 Å². The number of carbonyl (C=O) groups excluding carboxylic acids is 1. The summed E-state index contributed by atoms with van der Waals surface area (Å²) in [7, 11) is -3.78. The SMILES string of the molecule is Cc1ccc(S(N)(=O)=O)cc1NC(=O)CSC1=NCCS1. The maximum atomic E-state index is 11.9. The molecule has 2 rings (SSSR count). The molecule has 6 nitrogen and oxygen atoms in total. The zero-order valence-electron chi connectivity index (χ0n) is 11.3. The number of nitrogens with one attached hydrogen (secondary N) is 1. The molecule has 3 N–H and O–H groups in total. The minimum absolute atomic E-state index is 0.0215. The van der Waals surface area contributed by atoms with Gasteiger partial charge in [-0.05, 0) is 24.6 Å². The second-order valence-corrected chi connectivity index (χ2v) is 8.22. The van der Waals surface area contributed by atoms with E-state index >= 15 is 0 Å². The number of benzene rings is 1. The summed E-state index contributed by atoms with van der Waals surface area (Å²) in [6.45, 7) is 2.58. The Morgan fingerprint density at radius 1 is 1.52 bits per heavy atom. The summed E-state index contributed by atoms with van der Waals surface area (Å²) in [6, 6.07) is 4.40. The van der Waals surface area contributed by atoms with E-state index in [0.717, 1.165) is 22.2 Å². The number of rotatable bonds is 4. The van der Waals surface area contributed by atoms with Crippen LogP contribution in [0.4, 0.5) is 5.69 Å². The summed E-state index contributed by atoms with van der Waals surface area (Å²) in [5, 5.41) is 7.79.